The van der Waals surface area contributed by atoms with Crippen LogP contribution < -0.4 is 4.90 Å². The highest BCUT2D eigenvalue weighted by molar-refractivity contribution is 6.02. The van der Waals surface area contributed by atoms with Crippen molar-refractivity contribution in [3.05, 3.63) is 71.8 Å². The molecule has 0 saturated heterocycles. The van der Waals surface area contributed by atoms with Crippen LogP contribution in [0.2, 0.25) is 0 Å². The Balaban J connectivity index is 2.37. The minimum Gasteiger partial charge on any atom is -0.507 e. The van der Waals surface area contributed by atoms with E-state index in [2.05, 4.69) is 0 Å². The summed E-state index contributed by atoms with van der Waals surface area (Å²) in [6, 6.07) is 15.5. The molecular formula is C18H15NO2. The third kappa shape index (κ3) is 2.13. The molecule has 0 saturated carbocycles. The number of anilines is 2. The topological polar surface area (TPSA) is 40.5 Å². The molecule has 1 aliphatic rings. The van der Waals surface area contributed by atoms with Crippen LogP contribution in [-0.4, -0.2) is 18.4 Å². The average molecular weight is 277 g/mol. The predicted molar refractivity (Wildman–Crippen MR) is 85.6 cm³/mol. The molecule has 0 aliphatic carbocycles. The van der Waals surface area contributed by atoms with Gasteiger partial charge in [-0.2, -0.15) is 0 Å². The number of aliphatic hydroxyl groups excluding tert-OH is 1. The molecule has 2 aromatic carbocycles. The number of rotatable bonds is 2. The highest BCUT2D eigenvalue weighted by Gasteiger charge is 2.22. The van der Waals surface area contributed by atoms with Gasteiger partial charge in [0.25, 0.3) is 0 Å². The number of fused-ring (bicyclic) bond motifs is 2. The van der Waals surface area contributed by atoms with E-state index >= 15 is 0 Å². The highest BCUT2D eigenvalue weighted by Crippen LogP contribution is 2.41. The first-order chi connectivity index (χ1) is 10.2. The summed E-state index contributed by atoms with van der Waals surface area (Å²) >= 11 is 0. The smallest absolute Gasteiger partial charge is 0.142 e. The van der Waals surface area contributed by atoms with Crippen molar-refractivity contribution in [1.29, 1.82) is 0 Å². The monoisotopic (exact) mass is 277 g/mol. The summed E-state index contributed by atoms with van der Waals surface area (Å²) in [5.41, 5.74) is 4.21. The third-order valence-corrected chi connectivity index (χ3v) is 3.67. The fourth-order valence-electron chi connectivity index (χ4n) is 2.67. The van der Waals surface area contributed by atoms with E-state index in [1.54, 1.807) is 6.08 Å². The normalized spacial score (nSPS) is 13.9. The van der Waals surface area contributed by atoms with Crippen LogP contribution in [0.5, 0.6) is 0 Å². The van der Waals surface area contributed by atoms with Crippen LogP contribution in [0.1, 0.15) is 11.1 Å². The minimum atomic E-state index is 0.181. The summed E-state index contributed by atoms with van der Waals surface area (Å²) in [5.74, 6) is 0.181. The number of allylic oxidation sites excluding steroid dienone is 3. The second kappa shape index (κ2) is 5.29. The second-order valence-electron chi connectivity index (χ2n) is 4.85. The van der Waals surface area contributed by atoms with Crippen molar-refractivity contribution in [2.45, 2.75) is 0 Å². The summed E-state index contributed by atoms with van der Waals surface area (Å²) in [7, 11) is 1.97. The average Bonchev–Trinajstić information content (AvgIpc) is 2.62. The van der Waals surface area contributed by atoms with E-state index in [-0.39, 0.29) is 5.76 Å². The van der Waals surface area contributed by atoms with Crippen molar-refractivity contribution in [2.24, 2.45) is 0 Å². The molecule has 3 nitrogen and oxygen atoms in total. The first-order valence-corrected chi connectivity index (χ1v) is 6.71. The van der Waals surface area contributed by atoms with Crippen molar-refractivity contribution in [3.63, 3.8) is 0 Å². The number of benzene rings is 2. The molecule has 2 aromatic rings. The van der Waals surface area contributed by atoms with Crippen molar-refractivity contribution in [1.82, 2.24) is 0 Å². The zero-order valence-corrected chi connectivity index (χ0v) is 11.7. The van der Waals surface area contributed by atoms with Gasteiger partial charge in [0.1, 0.15) is 12.0 Å². The first-order valence-electron chi connectivity index (χ1n) is 6.71. The molecule has 104 valence electrons. The lowest BCUT2D eigenvalue weighted by molar-refractivity contribution is -0.104. The number of aldehydes is 1. The largest absolute Gasteiger partial charge is 0.507 e. The van der Waals surface area contributed by atoms with Crippen LogP contribution in [-0.2, 0) is 4.79 Å². The molecular weight excluding hydrogens is 262 g/mol. The zero-order valence-electron chi connectivity index (χ0n) is 11.7. The van der Waals surface area contributed by atoms with Gasteiger partial charge in [-0.15, -0.1) is 0 Å². The summed E-state index contributed by atoms with van der Waals surface area (Å²) in [6.45, 7) is 0. The van der Waals surface area contributed by atoms with Crippen molar-refractivity contribution >= 4 is 29.0 Å². The number of nitrogens with zero attached hydrogens (tertiary/aromatic N) is 1. The Morgan fingerprint density at radius 2 is 1.52 bits per heavy atom. The molecule has 0 fully saturated rings. The molecule has 21 heavy (non-hydrogen) atoms. The molecule has 0 atom stereocenters. The maximum Gasteiger partial charge on any atom is 0.142 e. The maximum absolute atomic E-state index is 10.7. The van der Waals surface area contributed by atoms with E-state index in [0.29, 0.717) is 11.9 Å². The Morgan fingerprint density at radius 1 is 0.952 bits per heavy atom. The van der Waals surface area contributed by atoms with Gasteiger partial charge in [0.15, 0.2) is 0 Å². The molecule has 1 N–H and O–H groups in total. The minimum absolute atomic E-state index is 0.181. The van der Waals surface area contributed by atoms with Gasteiger partial charge in [-0.3, -0.25) is 4.79 Å². The number of carbonyl (C=O) groups is 1. The van der Waals surface area contributed by atoms with E-state index in [9.17, 15) is 9.90 Å². The van der Waals surface area contributed by atoms with Gasteiger partial charge >= 0.3 is 0 Å². The standard InChI is InChI=1S/C18H15NO2/c1-19-16-10-4-2-7-13(16)14(9-6-12-20)18(21)15-8-3-5-11-17(15)19/h2-12,21H,1H3/b9-6+. The van der Waals surface area contributed by atoms with E-state index in [1.807, 2.05) is 60.5 Å². The SMILES string of the molecule is CN1c2ccccc2C(O)=C(/C=C/C=O)c2ccccc21. The van der Waals surface area contributed by atoms with Crippen LogP contribution in [0, 0.1) is 0 Å². The Morgan fingerprint density at radius 3 is 2.19 bits per heavy atom. The lowest BCUT2D eigenvalue weighted by Gasteiger charge is -2.21. The number of hydrogen-bond donors (Lipinski definition) is 1. The summed E-state index contributed by atoms with van der Waals surface area (Å²) in [5, 5.41) is 10.7. The van der Waals surface area contributed by atoms with E-state index in [0.717, 1.165) is 22.5 Å². The Bertz CT molecular complexity index is 759. The fraction of sp³-hybridized carbons (Fsp3) is 0.0556. The van der Waals surface area contributed by atoms with Crippen LogP contribution in [0.15, 0.2) is 60.7 Å². The lowest BCUT2D eigenvalue weighted by Crippen LogP contribution is -2.11. The van der Waals surface area contributed by atoms with Gasteiger partial charge in [0, 0.05) is 29.4 Å². The lowest BCUT2D eigenvalue weighted by atomic mass is 10.0. The summed E-state index contributed by atoms with van der Waals surface area (Å²) in [4.78, 5) is 12.7. The molecule has 0 bridgehead atoms. The Labute approximate surface area is 123 Å². The van der Waals surface area contributed by atoms with Gasteiger partial charge in [-0.1, -0.05) is 30.3 Å². The van der Waals surface area contributed by atoms with E-state index in [4.69, 9.17) is 0 Å². The third-order valence-electron chi connectivity index (χ3n) is 3.67. The molecule has 3 heteroatoms. The van der Waals surface area contributed by atoms with Crippen molar-refractivity contribution in [3.8, 4) is 0 Å². The van der Waals surface area contributed by atoms with Crippen molar-refractivity contribution in [2.75, 3.05) is 11.9 Å². The van der Waals surface area contributed by atoms with E-state index in [1.165, 1.54) is 6.08 Å². The second-order valence-corrected chi connectivity index (χ2v) is 4.85. The number of hydrogen-bond acceptors (Lipinski definition) is 3. The zero-order chi connectivity index (χ0) is 14.8. The first kappa shape index (κ1) is 13.2. The van der Waals surface area contributed by atoms with E-state index < -0.39 is 0 Å². The van der Waals surface area contributed by atoms with Crippen LogP contribution in [0.4, 0.5) is 11.4 Å². The maximum atomic E-state index is 10.7. The Hall–Kier alpha value is -2.81. The molecule has 3 rings (SSSR count). The van der Waals surface area contributed by atoms with Crippen LogP contribution in [0.3, 0.4) is 0 Å². The molecule has 0 aromatic heterocycles. The molecule has 1 aliphatic heterocycles. The summed E-state index contributed by atoms with van der Waals surface area (Å²) < 4.78 is 0. The molecule has 0 spiro atoms. The van der Waals surface area contributed by atoms with Gasteiger partial charge in [-0.25, -0.2) is 0 Å². The van der Waals surface area contributed by atoms with Gasteiger partial charge in [-0.05, 0) is 30.4 Å². The number of aliphatic hydroxyl groups is 1. The van der Waals surface area contributed by atoms with Crippen LogP contribution in [0.25, 0.3) is 11.3 Å². The van der Waals surface area contributed by atoms with Crippen LogP contribution >= 0.6 is 0 Å². The highest BCUT2D eigenvalue weighted by atomic mass is 16.3. The predicted octanol–water partition coefficient (Wildman–Crippen LogP) is 3.95. The van der Waals surface area contributed by atoms with Gasteiger partial charge in [0.05, 0.1) is 5.69 Å². The quantitative estimate of drug-likeness (QED) is 0.667. The summed E-state index contributed by atoms with van der Waals surface area (Å²) in [6.07, 6.45) is 3.76. The fourth-order valence-corrected chi connectivity index (χ4v) is 2.67. The van der Waals surface area contributed by atoms with Gasteiger partial charge < -0.3 is 10.0 Å². The molecule has 0 unspecified atom stereocenters. The molecule has 0 radical (unpaired) electrons. The molecule has 0 amide bonds. The number of carbonyl (C=O) groups excluding carboxylic acids is 1. The Kier molecular flexibility index (Phi) is 3.32. The van der Waals surface area contributed by atoms with Gasteiger partial charge in [0.2, 0.25) is 0 Å². The molecule has 1 heterocycles. The number of para-hydroxylation sites is 2. The van der Waals surface area contributed by atoms with Crippen molar-refractivity contribution < 1.29 is 9.90 Å².